The summed E-state index contributed by atoms with van der Waals surface area (Å²) in [5.41, 5.74) is 5.98. The molecule has 0 radical (unpaired) electrons. The number of hydrogen-bond donors (Lipinski definition) is 3. The molecule has 1 unspecified atom stereocenters. The van der Waals surface area contributed by atoms with Gasteiger partial charge in [0.25, 0.3) is 5.91 Å². The summed E-state index contributed by atoms with van der Waals surface area (Å²) in [6.07, 6.45) is 1.73. The maximum Gasteiger partial charge on any atom is 0.255 e. The lowest BCUT2D eigenvalue weighted by Gasteiger charge is -2.17. The van der Waals surface area contributed by atoms with Gasteiger partial charge in [-0.3, -0.25) is 4.79 Å². The molecule has 10 heteroatoms. The summed E-state index contributed by atoms with van der Waals surface area (Å²) in [6, 6.07) is 7.22. The van der Waals surface area contributed by atoms with Gasteiger partial charge in [0.2, 0.25) is 0 Å². The van der Waals surface area contributed by atoms with Crippen LogP contribution in [0.3, 0.4) is 0 Å². The van der Waals surface area contributed by atoms with E-state index in [1.165, 1.54) is 6.26 Å². The largest absolute Gasteiger partial charge is 0.484 e. The second kappa shape index (κ2) is 12.8. The van der Waals surface area contributed by atoms with Crippen LogP contribution in [0.4, 0.5) is 0 Å². The topological polar surface area (TPSA) is 123 Å². The van der Waals surface area contributed by atoms with Crippen molar-refractivity contribution >= 4 is 45.7 Å². The van der Waals surface area contributed by atoms with Crippen LogP contribution in [-0.2, 0) is 21.2 Å². The van der Waals surface area contributed by atoms with Gasteiger partial charge in [-0.05, 0) is 38.0 Å². The number of carbonyl (C=O) groups excluding carboxylic acids is 1. The minimum Gasteiger partial charge on any atom is -0.484 e. The lowest BCUT2D eigenvalue weighted by molar-refractivity contribution is -0.119. The first kappa shape index (κ1) is 25.4. The molecule has 1 atom stereocenters. The number of nitrogens with zero attached hydrogens (tertiary/aromatic N) is 1. The van der Waals surface area contributed by atoms with Crippen LogP contribution in [-0.4, -0.2) is 51.5 Å². The van der Waals surface area contributed by atoms with Gasteiger partial charge in [-0.2, -0.15) is 0 Å². The number of sulfone groups is 1. The molecule has 0 aromatic heterocycles. The monoisotopic (exact) mass is 512 g/mol. The Morgan fingerprint density at radius 2 is 2.07 bits per heavy atom. The van der Waals surface area contributed by atoms with E-state index in [2.05, 4.69) is 15.6 Å². The van der Waals surface area contributed by atoms with Crippen LogP contribution < -0.4 is 21.1 Å². The van der Waals surface area contributed by atoms with Crippen LogP contribution in [0.2, 0.25) is 0 Å². The number of benzene rings is 1. The summed E-state index contributed by atoms with van der Waals surface area (Å²) in [5, 5.41) is 6.33. The summed E-state index contributed by atoms with van der Waals surface area (Å²) in [5.74, 6) is 0.753. The lowest BCUT2D eigenvalue weighted by atomic mass is 10.2. The second-order valence-electron chi connectivity index (χ2n) is 6.06. The molecule has 8 nitrogen and oxygen atoms in total. The first-order valence-electron chi connectivity index (χ1n) is 8.42. The second-order valence-corrected chi connectivity index (χ2v) is 8.32. The Morgan fingerprint density at radius 3 is 2.67 bits per heavy atom. The van der Waals surface area contributed by atoms with Gasteiger partial charge in [0.05, 0.1) is 12.3 Å². The van der Waals surface area contributed by atoms with Gasteiger partial charge in [0.15, 0.2) is 12.6 Å². The van der Waals surface area contributed by atoms with Gasteiger partial charge >= 0.3 is 0 Å². The summed E-state index contributed by atoms with van der Waals surface area (Å²) >= 11 is 0. The van der Waals surface area contributed by atoms with Gasteiger partial charge < -0.3 is 21.1 Å². The number of aliphatic imine (C=N–C) groups is 1. The number of ether oxygens (including phenoxy) is 1. The molecule has 0 heterocycles. The summed E-state index contributed by atoms with van der Waals surface area (Å²) in [6.45, 7) is 4.79. The number of primary amides is 1. The normalized spacial score (nSPS) is 12.6. The van der Waals surface area contributed by atoms with Crippen molar-refractivity contribution in [3.05, 3.63) is 29.8 Å². The Kier molecular flexibility index (Phi) is 12.0. The molecule has 1 rings (SSSR count). The molecule has 0 saturated heterocycles. The Balaban J connectivity index is 0.00000676. The highest BCUT2D eigenvalue weighted by Crippen LogP contribution is 2.14. The van der Waals surface area contributed by atoms with E-state index in [9.17, 15) is 13.2 Å². The molecule has 0 aliphatic carbocycles. The molecule has 1 aromatic carbocycles. The van der Waals surface area contributed by atoms with Crippen molar-refractivity contribution < 1.29 is 17.9 Å². The highest BCUT2D eigenvalue weighted by molar-refractivity contribution is 14.0. The minimum absolute atomic E-state index is 0. The van der Waals surface area contributed by atoms with Crippen LogP contribution >= 0.6 is 24.0 Å². The average molecular weight is 512 g/mol. The number of nitrogens with two attached hydrogens (primary N) is 1. The number of halogens is 1. The van der Waals surface area contributed by atoms with E-state index in [4.69, 9.17) is 10.5 Å². The average Bonchev–Trinajstić information content (AvgIpc) is 2.56. The summed E-state index contributed by atoms with van der Waals surface area (Å²) < 4.78 is 27.8. The molecular formula is C17H29IN4O4S. The van der Waals surface area contributed by atoms with Crippen LogP contribution in [0.1, 0.15) is 25.8 Å². The smallest absolute Gasteiger partial charge is 0.255 e. The Morgan fingerprint density at radius 1 is 1.37 bits per heavy atom. The molecule has 1 amide bonds. The van der Waals surface area contributed by atoms with Crippen molar-refractivity contribution in [1.29, 1.82) is 0 Å². The molecule has 0 spiro atoms. The maximum atomic E-state index is 11.3. The van der Waals surface area contributed by atoms with Crippen molar-refractivity contribution in [1.82, 2.24) is 10.6 Å². The standard InChI is InChI=1S/C17H28N4O4S.HI/c1-4-19-17(21-13(2)8-9-26(3,23)24)20-11-14-6-5-7-15(10-14)25-12-16(18)22;/h5-7,10,13H,4,8-9,11-12H2,1-3H3,(H2,18,22)(H2,19,20,21);1H. The van der Waals surface area contributed by atoms with Gasteiger partial charge in [-0.1, -0.05) is 12.1 Å². The van der Waals surface area contributed by atoms with Crippen LogP contribution in [0.15, 0.2) is 29.3 Å². The predicted molar refractivity (Wildman–Crippen MR) is 118 cm³/mol. The van der Waals surface area contributed by atoms with E-state index in [1.54, 1.807) is 12.1 Å². The number of rotatable bonds is 10. The first-order chi connectivity index (χ1) is 12.2. The van der Waals surface area contributed by atoms with Crippen LogP contribution in [0, 0.1) is 0 Å². The minimum atomic E-state index is -2.99. The Labute approximate surface area is 178 Å². The molecule has 0 fully saturated rings. The van der Waals surface area contributed by atoms with Crippen LogP contribution in [0.5, 0.6) is 5.75 Å². The fraction of sp³-hybridized carbons (Fsp3) is 0.529. The van der Waals surface area contributed by atoms with E-state index in [1.807, 2.05) is 26.0 Å². The fourth-order valence-electron chi connectivity index (χ4n) is 2.07. The van der Waals surface area contributed by atoms with E-state index >= 15 is 0 Å². The zero-order valence-corrected chi connectivity index (χ0v) is 19.0. The van der Waals surface area contributed by atoms with Crippen molar-refractivity contribution in [2.45, 2.75) is 32.9 Å². The molecular weight excluding hydrogens is 483 g/mol. The molecule has 0 saturated carbocycles. The number of carbonyl (C=O) groups is 1. The fourth-order valence-corrected chi connectivity index (χ4v) is 2.86. The molecule has 0 bridgehead atoms. The van der Waals surface area contributed by atoms with Crippen molar-refractivity contribution in [3.8, 4) is 5.75 Å². The van der Waals surface area contributed by atoms with E-state index in [0.717, 1.165) is 5.56 Å². The Bertz CT molecular complexity index is 725. The van der Waals surface area contributed by atoms with E-state index < -0.39 is 15.7 Å². The molecule has 1 aromatic rings. The number of nitrogens with one attached hydrogen (secondary N) is 2. The van der Waals surface area contributed by atoms with Gasteiger partial charge in [-0.25, -0.2) is 13.4 Å². The number of hydrogen-bond acceptors (Lipinski definition) is 5. The zero-order chi connectivity index (χ0) is 19.6. The van der Waals surface area contributed by atoms with Crippen LogP contribution in [0.25, 0.3) is 0 Å². The molecule has 154 valence electrons. The molecule has 0 aliphatic heterocycles. The van der Waals surface area contributed by atoms with Gasteiger partial charge in [-0.15, -0.1) is 24.0 Å². The molecule has 4 N–H and O–H groups in total. The zero-order valence-electron chi connectivity index (χ0n) is 15.9. The van der Waals surface area contributed by atoms with Gasteiger partial charge in [0.1, 0.15) is 15.6 Å². The highest BCUT2D eigenvalue weighted by Gasteiger charge is 2.09. The van der Waals surface area contributed by atoms with Crippen molar-refractivity contribution in [2.75, 3.05) is 25.2 Å². The van der Waals surface area contributed by atoms with Crippen molar-refractivity contribution in [3.63, 3.8) is 0 Å². The van der Waals surface area contributed by atoms with Crippen molar-refractivity contribution in [2.24, 2.45) is 10.7 Å². The maximum absolute atomic E-state index is 11.3. The molecule has 27 heavy (non-hydrogen) atoms. The summed E-state index contributed by atoms with van der Waals surface area (Å²) in [7, 11) is -2.99. The Hall–Kier alpha value is -1.56. The molecule has 0 aliphatic rings. The highest BCUT2D eigenvalue weighted by atomic mass is 127. The predicted octanol–water partition coefficient (Wildman–Crippen LogP) is 1.05. The van der Waals surface area contributed by atoms with E-state index in [0.29, 0.717) is 31.2 Å². The van der Waals surface area contributed by atoms with E-state index in [-0.39, 0.29) is 42.4 Å². The first-order valence-corrected chi connectivity index (χ1v) is 10.5. The van der Waals surface area contributed by atoms with Gasteiger partial charge in [0, 0.05) is 18.8 Å². The third-order valence-corrected chi connectivity index (χ3v) is 4.33. The quantitative estimate of drug-likeness (QED) is 0.245. The third-order valence-electron chi connectivity index (χ3n) is 3.35. The lowest BCUT2D eigenvalue weighted by Crippen LogP contribution is -2.42. The summed E-state index contributed by atoms with van der Waals surface area (Å²) in [4.78, 5) is 15.3. The third kappa shape index (κ3) is 12.5. The number of guanidine groups is 1. The SMILES string of the molecule is CCNC(=NCc1cccc(OCC(N)=O)c1)NC(C)CCS(C)(=O)=O.I. The number of amides is 1.